The van der Waals surface area contributed by atoms with E-state index in [1.807, 2.05) is 36.4 Å². The van der Waals surface area contributed by atoms with E-state index >= 15 is 0 Å². The molecule has 20 heavy (non-hydrogen) atoms. The van der Waals surface area contributed by atoms with Crippen molar-refractivity contribution < 1.29 is 9.52 Å². The van der Waals surface area contributed by atoms with Gasteiger partial charge < -0.3 is 9.52 Å². The van der Waals surface area contributed by atoms with Gasteiger partial charge in [0.1, 0.15) is 6.10 Å². The molecule has 0 saturated carbocycles. The molecule has 2 nitrogen and oxygen atoms in total. The lowest BCUT2D eigenvalue weighted by Crippen LogP contribution is -1.99. The molecule has 2 aromatic carbocycles. The van der Waals surface area contributed by atoms with Gasteiger partial charge in [0.25, 0.3) is 0 Å². The second kappa shape index (κ2) is 5.76. The van der Waals surface area contributed by atoms with E-state index in [4.69, 9.17) is 4.42 Å². The smallest absolute Gasteiger partial charge is 0.107 e. The first kappa shape index (κ1) is 12.7. The Morgan fingerprint density at radius 1 is 0.850 bits per heavy atom. The molecule has 1 aromatic heterocycles. The van der Waals surface area contributed by atoms with Crippen LogP contribution in [0.4, 0.5) is 0 Å². The Hall–Kier alpha value is -2.32. The summed E-state index contributed by atoms with van der Waals surface area (Å²) in [6.45, 7) is 0. The maximum atomic E-state index is 10.3. The fourth-order valence-corrected chi connectivity index (χ4v) is 2.33. The maximum absolute atomic E-state index is 10.3. The normalized spacial score (nSPS) is 12.2. The molecule has 1 atom stereocenters. The number of rotatable bonds is 4. The molecule has 3 rings (SSSR count). The van der Waals surface area contributed by atoms with Crippen LogP contribution in [0.1, 0.15) is 28.4 Å². The number of furan rings is 1. The summed E-state index contributed by atoms with van der Waals surface area (Å²) >= 11 is 0. The summed E-state index contributed by atoms with van der Waals surface area (Å²) in [5.41, 5.74) is 4.13. The van der Waals surface area contributed by atoms with Crippen LogP contribution < -0.4 is 0 Å². The van der Waals surface area contributed by atoms with Crippen LogP contribution in [0, 0.1) is 0 Å². The highest BCUT2D eigenvalue weighted by atomic mass is 16.3. The Balaban J connectivity index is 1.83. The third kappa shape index (κ3) is 2.81. The summed E-state index contributed by atoms with van der Waals surface area (Å²) in [5.74, 6) is 0. The zero-order valence-electron chi connectivity index (χ0n) is 11.1. The van der Waals surface area contributed by atoms with Gasteiger partial charge in [0.05, 0.1) is 12.5 Å². The van der Waals surface area contributed by atoms with Crippen molar-refractivity contribution in [3.63, 3.8) is 0 Å². The Morgan fingerprint density at radius 3 is 2.40 bits per heavy atom. The van der Waals surface area contributed by atoms with Crippen LogP contribution in [0.2, 0.25) is 0 Å². The van der Waals surface area contributed by atoms with E-state index in [0.717, 1.165) is 17.5 Å². The highest BCUT2D eigenvalue weighted by Gasteiger charge is 2.11. The topological polar surface area (TPSA) is 33.4 Å². The second-order valence-corrected chi connectivity index (χ2v) is 4.87. The summed E-state index contributed by atoms with van der Waals surface area (Å²) in [5, 5.41) is 10.3. The summed E-state index contributed by atoms with van der Waals surface area (Å²) in [6.07, 6.45) is 3.39. The molecule has 0 bridgehead atoms. The van der Waals surface area contributed by atoms with Gasteiger partial charge in [-0.25, -0.2) is 0 Å². The first-order valence-corrected chi connectivity index (χ1v) is 6.66. The predicted molar refractivity (Wildman–Crippen MR) is 78.5 cm³/mol. The van der Waals surface area contributed by atoms with Crippen LogP contribution in [0.25, 0.3) is 0 Å². The Labute approximate surface area is 118 Å². The zero-order chi connectivity index (χ0) is 13.8. The van der Waals surface area contributed by atoms with Gasteiger partial charge in [0.2, 0.25) is 0 Å². The Kier molecular flexibility index (Phi) is 3.66. The summed E-state index contributed by atoms with van der Waals surface area (Å²) in [6, 6.07) is 20.2. The van der Waals surface area contributed by atoms with Crippen LogP contribution in [0.15, 0.2) is 77.6 Å². The average Bonchev–Trinajstić information content (AvgIpc) is 3.02. The largest absolute Gasteiger partial charge is 0.472 e. The van der Waals surface area contributed by atoms with Crippen molar-refractivity contribution in [1.29, 1.82) is 0 Å². The monoisotopic (exact) mass is 264 g/mol. The average molecular weight is 264 g/mol. The number of hydrogen-bond acceptors (Lipinski definition) is 2. The molecule has 0 spiro atoms. The number of hydrogen-bond donors (Lipinski definition) is 1. The second-order valence-electron chi connectivity index (χ2n) is 4.87. The molecule has 1 N–H and O–H groups in total. The molecule has 0 aliphatic carbocycles. The number of aliphatic hydroxyl groups excluding tert-OH is 1. The third-order valence-corrected chi connectivity index (χ3v) is 3.38. The van der Waals surface area contributed by atoms with Crippen molar-refractivity contribution in [2.75, 3.05) is 0 Å². The third-order valence-electron chi connectivity index (χ3n) is 3.38. The lowest BCUT2D eigenvalue weighted by molar-refractivity contribution is 0.219. The lowest BCUT2D eigenvalue weighted by atomic mass is 9.98. The fourth-order valence-electron chi connectivity index (χ4n) is 2.33. The first-order chi connectivity index (χ1) is 9.83. The molecule has 0 aliphatic heterocycles. The van der Waals surface area contributed by atoms with Gasteiger partial charge in [-0.1, -0.05) is 54.6 Å². The molecule has 0 saturated heterocycles. The van der Waals surface area contributed by atoms with Gasteiger partial charge in [-0.3, -0.25) is 0 Å². The van der Waals surface area contributed by atoms with E-state index in [2.05, 4.69) is 18.2 Å². The molecule has 0 radical (unpaired) electrons. The van der Waals surface area contributed by atoms with Crippen LogP contribution >= 0.6 is 0 Å². The van der Waals surface area contributed by atoms with Gasteiger partial charge in [0.15, 0.2) is 0 Å². The standard InChI is InChI=1S/C18H16O2/c19-18(17-9-10-20-13-17)16-8-4-7-15(12-16)11-14-5-2-1-3-6-14/h1-10,12-13,18-19H,11H2. The Bertz CT molecular complexity index is 657. The molecular weight excluding hydrogens is 248 g/mol. The molecule has 100 valence electrons. The van der Waals surface area contributed by atoms with Gasteiger partial charge in [-0.05, 0) is 29.2 Å². The van der Waals surface area contributed by atoms with E-state index in [0.29, 0.717) is 0 Å². The van der Waals surface area contributed by atoms with Gasteiger partial charge in [-0.15, -0.1) is 0 Å². The molecule has 3 aromatic rings. The van der Waals surface area contributed by atoms with Crippen molar-refractivity contribution in [3.8, 4) is 0 Å². The minimum Gasteiger partial charge on any atom is -0.472 e. The van der Waals surface area contributed by atoms with E-state index in [1.54, 1.807) is 18.6 Å². The fraction of sp³-hybridized carbons (Fsp3) is 0.111. The van der Waals surface area contributed by atoms with Gasteiger partial charge in [-0.2, -0.15) is 0 Å². The van der Waals surface area contributed by atoms with E-state index in [9.17, 15) is 5.11 Å². The zero-order valence-corrected chi connectivity index (χ0v) is 11.1. The highest BCUT2D eigenvalue weighted by molar-refractivity contribution is 5.33. The lowest BCUT2D eigenvalue weighted by Gasteiger charge is -2.10. The first-order valence-electron chi connectivity index (χ1n) is 6.66. The number of aliphatic hydroxyl groups is 1. The van der Waals surface area contributed by atoms with Crippen molar-refractivity contribution in [2.24, 2.45) is 0 Å². The summed E-state index contributed by atoms with van der Waals surface area (Å²) < 4.78 is 5.02. The highest BCUT2D eigenvalue weighted by Crippen LogP contribution is 2.23. The van der Waals surface area contributed by atoms with Crippen molar-refractivity contribution >= 4 is 0 Å². The van der Waals surface area contributed by atoms with Crippen LogP contribution in [0.5, 0.6) is 0 Å². The predicted octanol–water partition coefficient (Wildman–Crippen LogP) is 3.95. The van der Waals surface area contributed by atoms with Crippen molar-refractivity contribution in [1.82, 2.24) is 0 Å². The van der Waals surface area contributed by atoms with E-state index in [-0.39, 0.29) is 0 Å². The molecule has 2 heteroatoms. The molecule has 1 heterocycles. The molecule has 0 fully saturated rings. The quantitative estimate of drug-likeness (QED) is 0.774. The minimum atomic E-state index is -0.635. The SMILES string of the molecule is OC(c1ccoc1)c1cccc(Cc2ccccc2)c1. The molecule has 1 unspecified atom stereocenters. The molecule has 0 amide bonds. The van der Waals surface area contributed by atoms with Crippen molar-refractivity contribution in [3.05, 3.63) is 95.4 Å². The van der Waals surface area contributed by atoms with Crippen molar-refractivity contribution in [2.45, 2.75) is 12.5 Å². The summed E-state index contributed by atoms with van der Waals surface area (Å²) in [4.78, 5) is 0. The molecule has 0 aliphatic rings. The van der Waals surface area contributed by atoms with E-state index in [1.165, 1.54) is 11.1 Å². The molecular formula is C18H16O2. The number of benzene rings is 2. The van der Waals surface area contributed by atoms with Crippen LogP contribution in [0.3, 0.4) is 0 Å². The Morgan fingerprint density at radius 2 is 1.65 bits per heavy atom. The van der Waals surface area contributed by atoms with E-state index < -0.39 is 6.10 Å². The maximum Gasteiger partial charge on any atom is 0.107 e. The minimum absolute atomic E-state index is 0.635. The summed E-state index contributed by atoms with van der Waals surface area (Å²) in [7, 11) is 0. The van der Waals surface area contributed by atoms with Gasteiger partial charge >= 0.3 is 0 Å². The van der Waals surface area contributed by atoms with Gasteiger partial charge in [0, 0.05) is 5.56 Å². The van der Waals surface area contributed by atoms with Crippen LogP contribution in [-0.2, 0) is 6.42 Å². The van der Waals surface area contributed by atoms with Crippen LogP contribution in [-0.4, -0.2) is 5.11 Å².